The average Bonchev–Trinajstić information content (AvgIpc) is 3.50. The molecule has 9 heteroatoms. The second-order valence-electron chi connectivity index (χ2n) is 9.02. The van der Waals surface area contributed by atoms with Gasteiger partial charge in [-0.2, -0.15) is 0 Å². The number of nitrogen functional groups attached to an aromatic ring is 1. The molecule has 1 fully saturated rings. The molecule has 3 N–H and O–H groups in total. The minimum Gasteiger partial charge on any atom is -0.397 e. The lowest BCUT2D eigenvalue weighted by Crippen LogP contribution is -2.44. The molecular weight excluding hydrogens is 512 g/mol. The van der Waals surface area contributed by atoms with Gasteiger partial charge in [0, 0.05) is 48.3 Å². The van der Waals surface area contributed by atoms with Gasteiger partial charge in [-0.25, -0.2) is 14.3 Å². The summed E-state index contributed by atoms with van der Waals surface area (Å²) in [5.74, 6) is 0.347. The molecule has 0 saturated carbocycles. The third-order valence-electron chi connectivity index (χ3n) is 6.48. The number of piperazine rings is 1. The maximum absolute atomic E-state index is 12.9. The standard InChI is InChI=1S/C29H26N6OS2/c30-25-10-8-22(27-6-3-15-37-27)17-26(25)33-28(36)23-18-31-29(32-19-23)34-11-13-35(14-12-34)38-24-9-7-20-4-1-2-5-21(20)16-24/h1-10,15-19H,11-14,30H2,(H,33,36). The van der Waals surface area contributed by atoms with E-state index >= 15 is 0 Å². The van der Waals surface area contributed by atoms with Crippen LogP contribution in [0.5, 0.6) is 0 Å². The fourth-order valence-corrected chi connectivity index (χ4v) is 6.09. The molecule has 0 atom stereocenters. The first kappa shape index (κ1) is 24.4. The fourth-order valence-electron chi connectivity index (χ4n) is 4.41. The average molecular weight is 539 g/mol. The summed E-state index contributed by atoms with van der Waals surface area (Å²) in [5.41, 5.74) is 8.60. The Morgan fingerprint density at radius 3 is 2.45 bits per heavy atom. The molecule has 38 heavy (non-hydrogen) atoms. The van der Waals surface area contributed by atoms with Gasteiger partial charge in [0.15, 0.2) is 0 Å². The summed E-state index contributed by atoms with van der Waals surface area (Å²) in [4.78, 5) is 26.4. The number of nitrogens with two attached hydrogens (primary N) is 1. The molecule has 0 aliphatic carbocycles. The van der Waals surface area contributed by atoms with E-state index < -0.39 is 0 Å². The number of fused-ring (bicyclic) bond motifs is 1. The number of thiophene rings is 1. The molecule has 3 aromatic carbocycles. The maximum atomic E-state index is 12.9. The summed E-state index contributed by atoms with van der Waals surface area (Å²) >= 11 is 3.43. The Kier molecular flexibility index (Phi) is 6.96. The Bertz CT molecular complexity index is 1560. The van der Waals surface area contributed by atoms with Gasteiger partial charge >= 0.3 is 0 Å². The van der Waals surface area contributed by atoms with E-state index in [0.29, 0.717) is 22.9 Å². The van der Waals surface area contributed by atoms with E-state index in [1.165, 1.54) is 15.7 Å². The number of amides is 1. The van der Waals surface area contributed by atoms with E-state index in [9.17, 15) is 4.79 Å². The molecule has 2 aromatic heterocycles. The Balaban J connectivity index is 1.06. The quantitative estimate of drug-likeness (QED) is 0.202. The van der Waals surface area contributed by atoms with Crippen LogP contribution < -0.4 is 16.0 Å². The van der Waals surface area contributed by atoms with Crippen LogP contribution in [0.15, 0.2) is 95.5 Å². The van der Waals surface area contributed by atoms with E-state index in [4.69, 9.17) is 5.73 Å². The highest BCUT2D eigenvalue weighted by Crippen LogP contribution is 2.31. The molecule has 190 valence electrons. The van der Waals surface area contributed by atoms with Crippen LogP contribution in [0, 0.1) is 0 Å². The van der Waals surface area contributed by atoms with Crippen molar-refractivity contribution in [3.8, 4) is 10.4 Å². The second-order valence-corrected chi connectivity index (χ2v) is 11.1. The van der Waals surface area contributed by atoms with E-state index in [0.717, 1.165) is 36.6 Å². The highest BCUT2D eigenvalue weighted by Gasteiger charge is 2.20. The van der Waals surface area contributed by atoms with Crippen LogP contribution in [-0.2, 0) is 0 Å². The molecule has 0 spiro atoms. The zero-order valence-corrected chi connectivity index (χ0v) is 22.2. The molecule has 3 heterocycles. The number of benzene rings is 3. The van der Waals surface area contributed by atoms with E-state index in [2.05, 4.69) is 67.0 Å². The van der Waals surface area contributed by atoms with Gasteiger partial charge in [0.05, 0.1) is 16.9 Å². The van der Waals surface area contributed by atoms with Crippen molar-refractivity contribution < 1.29 is 4.79 Å². The lowest BCUT2D eigenvalue weighted by molar-refractivity contribution is 0.102. The van der Waals surface area contributed by atoms with Crippen molar-refractivity contribution in [1.82, 2.24) is 14.3 Å². The summed E-state index contributed by atoms with van der Waals surface area (Å²) in [5, 5.41) is 7.44. The van der Waals surface area contributed by atoms with Crippen molar-refractivity contribution in [2.24, 2.45) is 0 Å². The molecule has 7 nitrogen and oxygen atoms in total. The summed E-state index contributed by atoms with van der Waals surface area (Å²) in [7, 11) is 0. The molecule has 1 aliphatic heterocycles. The molecular formula is C29H26N6OS2. The predicted molar refractivity (Wildman–Crippen MR) is 158 cm³/mol. The van der Waals surface area contributed by atoms with Crippen LogP contribution in [-0.4, -0.2) is 46.4 Å². The number of nitrogens with zero attached hydrogens (tertiary/aromatic N) is 4. The minimum absolute atomic E-state index is 0.289. The predicted octanol–water partition coefficient (Wildman–Crippen LogP) is 6.02. The Morgan fingerprint density at radius 1 is 0.895 bits per heavy atom. The number of nitrogens with one attached hydrogen (secondary N) is 1. The number of hydrogen-bond acceptors (Lipinski definition) is 8. The van der Waals surface area contributed by atoms with Gasteiger partial charge in [0.25, 0.3) is 5.91 Å². The third kappa shape index (κ3) is 5.35. The first-order chi connectivity index (χ1) is 18.6. The van der Waals surface area contributed by atoms with Crippen LogP contribution in [0.1, 0.15) is 10.4 Å². The van der Waals surface area contributed by atoms with Crippen molar-refractivity contribution in [3.63, 3.8) is 0 Å². The molecule has 1 saturated heterocycles. The number of hydrogen-bond donors (Lipinski definition) is 2. The Labute approximate surface area is 229 Å². The fraction of sp³-hybridized carbons (Fsp3) is 0.138. The molecule has 1 aliphatic rings. The van der Waals surface area contributed by atoms with Crippen molar-refractivity contribution in [1.29, 1.82) is 0 Å². The van der Waals surface area contributed by atoms with Gasteiger partial charge < -0.3 is 16.0 Å². The largest absolute Gasteiger partial charge is 0.397 e. The zero-order valence-electron chi connectivity index (χ0n) is 20.6. The molecule has 5 aromatic rings. The molecule has 0 bridgehead atoms. The lowest BCUT2D eigenvalue weighted by atomic mass is 10.1. The normalized spacial score (nSPS) is 14.1. The van der Waals surface area contributed by atoms with Crippen molar-refractivity contribution >= 4 is 57.3 Å². The van der Waals surface area contributed by atoms with Crippen LogP contribution in [0.2, 0.25) is 0 Å². The molecule has 0 unspecified atom stereocenters. The third-order valence-corrected chi connectivity index (χ3v) is 8.49. The van der Waals surface area contributed by atoms with Gasteiger partial charge in [-0.1, -0.05) is 42.5 Å². The maximum Gasteiger partial charge on any atom is 0.258 e. The van der Waals surface area contributed by atoms with Gasteiger partial charge in [-0.05, 0) is 64.0 Å². The number of carbonyl (C=O) groups is 1. The SMILES string of the molecule is Nc1ccc(-c2cccs2)cc1NC(=O)c1cnc(N2CCN(Sc3ccc4ccccc4c3)CC2)nc1. The number of anilines is 3. The number of aromatic nitrogens is 2. The van der Waals surface area contributed by atoms with Crippen molar-refractivity contribution in [2.75, 3.05) is 42.1 Å². The molecule has 6 rings (SSSR count). The van der Waals surface area contributed by atoms with Gasteiger partial charge in [0.2, 0.25) is 5.95 Å². The van der Waals surface area contributed by atoms with Gasteiger partial charge in [-0.3, -0.25) is 4.79 Å². The first-order valence-corrected chi connectivity index (χ1v) is 14.0. The monoisotopic (exact) mass is 538 g/mol. The van der Waals surface area contributed by atoms with E-state index in [1.54, 1.807) is 35.7 Å². The summed E-state index contributed by atoms with van der Waals surface area (Å²) in [6.07, 6.45) is 3.15. The van der Waals surface area contributed by atoms with Crippen LogP contribution in [0.3, 0.4) is 0 Å². The van der Waals surface area contributed by atoms with Crippen LogP contribution >= 0.6 is 23.3 Å². The first-order valence-electron chi connectivity index (χ1n) is 12.4. The van der Waals surface area contributed by atoms with Crippen LogP contribution in [0.4, 0.5) is 17.3 Å². The Morgan fingerprint density at radius 2 is 1.68 bits per heavy atom. The molecule has 0 radical (unpaired) electrons. The lowest BCUT2D eigenvalue weighted by Gasteiger charge is -2.33. The zero-order chi connectivity index (χ0) is 25.9. The van der Waals surface area contributed by atoms with Crippen LogP contribution in [0.25, 0.3) is 21.2 Å². The number of rotatable bonds is 6. The second kappa shape index (κ2) is 10.8. The molecule has 1 amide bonds. The highest BCUT2D eigenvalue weighted by atomic mass is 32.2. The van der Waals surface area contributed by atoms with Crippen molar-refractivity contribution in [3.05, 3.63) is 96.1 Å². The highest BCUT2D eigenvalue weighted by molar-refractivity contribution is 7.97. The van der Waals surface area contributed by atoms with Gasteiger partial charge in [0.1, 0.15) is 0 Å². The number of carbonyl (C=O) groups excluding carboxylic acids is 1. The summed E-state index contributed by atoms with van der Waals surface area (Å²) in [6.45, 7) is 3.42. The van der Waals surface area contributed by atoms with Gasteiger partial charge in [-0.15, -0.1) is 11.3 Å². The van der Waals surface area contributed by atoms with Crippen molar-refractivity contribution in [2.45, 2.75) is 4.90 Å². The topological polar surface area (TPSA) is 87.4 Å². The van der Waals surface area contributed by atoms with E-state index in [-0.39, 0.29) is 5.91 Å². The summed E-state index contributed by atoms with van der Waals surface area (Å²) < 4.78 is 2.37. The smallest absolute Gasteiger partial charge is 0.258 e. The summed E-state index contributed by atoms with van der Waals surface area (Å²) in [6, 6.07) is 24.7. The Hall–Kier alpha value is -3.92. The van der Waals surface area contributed by atoms with E-state index in [1.807, 2.05) is 35.7 Å². The minimum atomic E-state index is -0.289.